The second kappa shape index (κ2) is 7.96. The average Bonchev–Trinajstić information content (AvgIpc) is 2.62. The van der Waals surface area contributed by atoms with Crippen LogP contribution in [0.5, 0.6) is 5.75 Å². The van der Waals surface area contributed by atoms with Gasteiger partial charge in [-0.25, -0.2) is 0 Å². The predicted octanol–water partition coefficient (Wildman–Crippen LogP) is 2.86. The van der Waals surface area contributed by atoms with Crippen LogP contribution in [0.15, 0.2) is 42.6 Å². The van der Waals surface area contributed by atoms with Crippen molar-refractivity contribution in [2.75, 3.05) is 20.1 Å². The van der Waals surface area contributed by atoms with E-state index in [4.69, 9.17) is 4.74 Å². The molecule has 1 aliphatic heterocycles. The van der Waals surface area contributed by atoms with E-state index in [0.29, 0.717) is 11.3 Å². The van der Waals surface area contributed by atoms with E-state index in [-0.39, 0.29) is 18.4 Å². The van der Waals surface area contributed by atoms with Gasteiger partial charge in [0.15, 0.2) is 0 Å². The lowest BCUT2D eigenvalue weighted by molar-refractivity contribution is -0.141. The summed E-state index contributed by atoms with van der Waals surface area (Å²) in [5.74, 6) is 0.704. The number of carbonyl (C=O) groups excluding carboxylic acids is 1. The Morgan fingerprint density at radius 1 is 1.22 bits per heavy atom. The van der Waals surface area contributed by atoms with Gasteiger partial charge < -0.3 is 10.1 Å². The van der Waals surface area contributed by atoms with Crippen LogP contribution in [0.1, 0.15) is 16.8 Å². The molecule has 1 fully saturated rings. The van der Waals surface area contributed by atoms with E-state index in [9.17, 15) is 18.0 Å². The van der Waals surface area contributed by atoms with Gasteiger partial charge in [0.05, 0.1) is 5.92 Å². The molecule has 1 aromatic heterocycles. The van der Waals surface area contributed by atoms with Crippen molar-refractivity contribution < 1.29 is 22.7 Å². The van der Waals surface area contributed by atoms with Crippen LogP contribution in [0, 0.1) is 5.92 Å². The molecule has 2 heterocycles. The number of aromatic nitrogens is 1. The minimum Gasteiger partial charge on any atom is -0.489 e. The number of amides is 1. The summed E-state index contributed by atoms with van der Waals surface area (Å²) in [5, 5.41) is 2.65. The maximum absolute atomic E-state index is 12.7. The third-order valence-electron chi connectivity index (χ3n) is 4.42. The molecule has 0 aliphatic carbocycles. The Labute approximate surface area is 155 Å². The van der Waals surface area contributed by atoms with Gasteiger partial charge in [-0.2, -0.15) is 13.2 Å². The van der Waals surface area contributed by atoms with Crippen LogP contribution in [0.25, 0.3) is 0 Å². The Morgan fingerprint density at radius 2 is 1.93 bits per heavy atom. The third-order valence-corrected chi connectivity index (χ3v) is 4.42. The average molecular weight is 379 g/mol. The molecular formula is C19H20F3N3O2. The smallest absolute Gasteiger partial charge is 0.433 e. The first kappa shape index (κ1) is 19.2. The van der Waals surface area contributed by atoms with Crippen LogP contribution >= 0.6 is 0 Å². The number of carbonyl (C=O) groups is 1. The maximum Gasteiger partial charge on any atom is 0.433 e. The largest absolute Gasteiger partial charge is 0.489 e. The Bertz CT molecular complexity index is 788. The molecule has 0 bridgehead atoms. The molecule has 0 spiro atoms. The summed E-state index contributed by atoms with van der Waals surface area (Å²) >= 11 is 0. The van der Waals surface area contributed by atoms with Crippen molar-refractivity contribution in [1.29, 1.82) is 0 Å². The number of nitrogens with zero attached hydrogens (tertiary/aromatic N) is 2. The first-order valence-corrected chi connectivity index (χ1v) is 8.53. The normalized spacial score (nSPS) is 15.3. The molecule has 1 N–H and O–H groups in total. The standard InChI is InChI=1S/C19H20F3N3O2/c1-23-18(26)15-10-25(11-15)9-13-2-4-16(5-3-13)27-12-14-6-7-24-17(8-14)19(20,21)22/h2-8,15H,9-12H2,1H3,(H,23,26). The first-order chi connectivity index (χ1) is 12.8. The number of halogens is 3. The highest BCUT2D eigenvalue weighted by Gasteiger charge is 2.32. The molecule has 1 amide bonds. The van der Waals surface area contributed by atoms with E-state index in [1.807, 2.05) is 12.1 Å². The number of likely N-dealkylation sites (tertiary alicyclic amines) is 1. The Hall–Kier alpha value is -2.61. The van der Waals surface area contributed by atoms with Gasteiger partial charge >= 0.3 is 6.18 Å². The maximum atomic E-state index is 12.7. The zero-order valence-electron chi connectivity index (χ0n) is 14.8. The van der Waals surface area contributed by atoms with Gasteiger partial charge in [0.25, 0.3) is 0 Å². The number of hydrogen-bond acceptors (Lipinski definition) is 4. The van der Waals surface area contributed by atoms with Crippen LogP contribution in [0.2, 0.25) is 0 Å². The molecule has 27 heavy (non-hydrogen) atoms. The highest BCUT2D eigenvalue weighted by atomic mass is 19.4. The van der Waals surface area contributed by atoms with E-state index in [2.05, 4.69) is 15.2 Å². The summed E-state index contributed by atoms with van der Waals surface area (Å²) in [4.78, 5) is 17.0. The third kappa shape index (κ3) is 4.97. The Balaban J connectivity index is 1.49. The number of hydrogen-bond donors (Lipinski definition) is 1. The van der Waals surface area contributed by atoms with Gasteiger partial charge in [0, 0.05) is 32.9 Å². The highest BCUT2D eigenvalue weighted by molar-refractivity contribution is 5.79. The molecule has 5 nitrogen and oxygen atoms in total. The highest BCUT2D eigenvalue weighted by Crippen LogP contribution is 2.28. The monoisotopic (exact) mass is 379 g/mol. The fraction of sp³-hybridized carbons (Fsp3) is 0.368. The van der Waals surface area contributed by atoms with Crippen molar-refractivity contribution >= 4 is 5.91 Å². The second-order valence-corrected chi connectivity index (χ2v) is 6.48. The number of benzene rings is 1. The molecule has 0 radical (unpaired) electrons. The van der Waals surface area contributed by atoms with Crippen molar-refractivity contribution in [1.82, 2.24) is 15.2 Å². The van der Waals surface area contributed by atoms with E-state index in [1.54, 1.807) is 19.2 Å². The van der Waals surface area contributed by atoms with Gasteiger partial charge in [-0.1, -0.05) is 12.1 Å². The number of pyridine rings is 1. The molecule has 8 heteroatoms. The van der Waals surface area contributed by atoms with E-state index >= 15 is 0 Å². The number of rotatable bonds is 6. The van der Waals surface area contributed by atoms with Crippen molar-refractivity contribution in [3.8, 4) is 5.75 Å². The molecule has 0 unspecified atom stereocenters. The summed E-state index contributed by atoms with van der Waals surface area (Å²) < 4.78 is 43.6. The second-order valence-electron chi connectivity index (χ2n) is 6.48. The van der Waals surface area contributed by atoms with Crippen LogP contribution < -0.4 is 10.1 Å². The zero-order valence-corrected chi connectivity index (χ0v) is 14.8. The summed E-state index contributed by atoms with van der Waals surface area (Å²) in [7, 11) is 1.64. The topological polar surface area (TPSA) is 54.5 Å². The fourth-order valence-corrected chi connectivity index (χ4v) is 2.90. The van der Waals surface area contributed by atoms with Gasteiger partial charge in [-0.3, -0.25) is 14.7 Å². The molecule has 144 valence electrons. The fourth-order valence-electron chi connectivity index (χ4n) is 2.90. The molecule has 1 aliphatic rings. The Kier molecular flexibility index (Phi) is 5.65. The Morgan fingerprint density at radius 3 is 2.56 bits per heavy atom. The lowest BCUT2D eigenvalue weighted by Gasteiger charge is -2.38. The van der Waals surface area contributed by atoms with Crippen LogP contribution in [0.3, 0.4) is 0 Å². The van der Waals surface area contributed by atoms with Crippen LogP contribution in [0.4, 0.5) is 13.2 Å². The van der Waals surface area contributed by atoms with Crippen molar-refractivity contribution in [3.05, 3.63) is 59.4 Å². The van der Waals surface area contributed by atoms with Crippen molar-refractivity contribution in [2.24, 2.45) is 5.92 Å². The molecule has 1 aromatic carbocycles. The summed E-state index contributed by atoms with van der Waals surface area (Å²) in [6.45, 7) is 2.25. The van der Waals surface area contributed by atoms with Crippen LogP contribution in [-0.4, -0.2) is 35.9 Å². The number of ether oxygens (including phenoxy) is 1. The van der Waals surface area contributed by atoms with E-state index in [0.717, 1.165) is 37.5 Å². The van der Waals surface area contributed by atoms with Gasteiger partial charge in [-0.05, 0) is 35.4 Å². The quantitative estimate of drug-likeness (QED) is 0.839. The zero-order chi connectivity index (χ0) is 19.4. The first-order valence-electron chi connectivity index (χ1n) is 8.53. The van der Waals surface area contributed by atoms with E-state index < -0.39 is 11.9 Å². The molecule has 3 rings (SSSR count). The van der Waals surface area contributed by atoms with Gasteiger partial charge in [-0.15, -0.1) is 0 Å². The minimum absolute atomic E-state index is 0.0326. The number of alkyl halides is 3. The van der Waals surface area contributed by atoms with Crippen molar-refractivity contribution in [2.45, 2.75) is 19.3 Å². The molecule has 2 aromatic rings. The predicted molar refractivity (Wildman–Crippen MR) is 92.8 cm³/mol. The summed E-state index contributed by atoms with van der Waals surface area (Å²) in [5.41, 5.74) is 0.562. The lowest BCUT2D eigenvalue weighted by Crippen LogP contribution is -2.52. The number of nitrogens with one attached hydrogen (secondary N) is 1. The van der Waals surface area contributed by atoms with Gasteiger partial charge in [0.2, 0.25) is 5.91 Å². The SMILES string of the molecule is CNC(=O)C1CN(Cc2ccc(OCc3ccnc(C(F)(F)F)c3)cc2)C1. The van der Waals surface area contributed by atoms with E-state index in [1.165, 1.54) is 6.07 Å². The van der Waals surface area contributed by atoms with Crippen molar-refractivity contribution in [3.63, 3.8) is 0 Å². The summed E-state index contributed by atoms with van der Waals surface area (Å²) in [6, 6.07) is 9.89. The molecule has 0 atom stereocenters. The van der Waals surface area contributed by atoms with Gasteiger partial charge in [0.1, 0.15) is 18.1 Å². The summed E-state index contributed by atoms with van der Waals surface area (Å²) in [6.07, 6.45) is -3.34. The molecule has 1 saturated heterocycles. The molecular weight excluding hydrogens is 359 g/mol. The minimum atomic E-state index is -4.47. The lowest BCUT2D eigenvalue weighted by atomic mass is 9.98. The molecule has 0 saturated carbocycles. The van der Waals surface area contributed by atoms with Crippen LogP contribution in [-0.2, 0) is 24.1 Å².